The number of H-pyrrole nitrogens is 1. The first-order valence-electron chi connectivity index (χ1n) is 9.85. The topological polar surface area (TPSA) is 78.1 Å². The molecule has 2 N–H and O–H groups in total. The monoisotopic (exact) mass is 370 g/mol. The number of hydrogen-bond acceptors (Lipinski definition) is 3. The summed E-state index contributed by atoms with van der Waals surface area (Å²) in [6.45, 7) is 7.73. The van der Waals surface area contributed by atoms with E-state index in [9.17, 15) is 9.59 Å². The van der Waals surface area contributed by atoms with Crippen LogP contribution in [0, 0.1) is 5.41 Å². The molecule has 2 amide bonds. The second kappa shape index (κ2) is 8.11. The Hall–Kier alpha value is -2.37. The minimum absolute atomic E-state index is 0.0258. The van der Waals surface area contributed by atoms with Gasteiger partial charge >= 0.3 is 0 Å². The molecule has 2 aromatic rings. The van der Waals surface area contributed by atoms with Gasteiger partial charge in [-0.1, -0.05) is 32.9 Å². The molecule has 0 unspecified atom stereocenters. The summed E-state index contributed by atoms with van der Waals surface area (Å²) in [6.07, 6.45) is 3.18. The van der Waals surface area contributed by atoms with Crippen LogP contribution in [0.2, 0.25) is 0 Å². The maximum atomic E-state index is 12.6. The predicted molar refractivity (Wildman–Crippen MR) is 106 cm³/mol. The fraction of sp³-hybridized carbons (Fsp3) is 0.571. The van der Waals surface area contributed by atoms with E-state index < -0.39 is 5.41 Å². The summed E-state index contributed by atoms with van der Waals surface area (Å²) in [5, 5.41) is 2.91. The van der Waals surface area contributed by atoms with E-state index in [0.717, 1.165) is 36.2 Å². The minimum Gasteiger partial charge on any atom is -0.356 e. The van der Waals surface area contributed by atoms with Gasteiger partial charge in [0.05, 0.1) is 11.0 Å². The largest absolute Gasteiger partial charge is 0.356 e. The number of aromatic amines is 1. The summed E-state index contributed by atoms with van der Waals surface area (Å²) >= 11 is 0. The lowest BCUT2D eigenvalue weighted by molar-refractivity contribution is -0.133. The van der Waals surface area contributed by atoms with E-state index in [1.807, 2.05) is 49.9 Å². The zero-order chi connectivity index (χ0) is 19.4. The van der Waals surface area contributed by atoms with E-state index >= 15 is 0 Å². The van der Waals surface area contributed by atoms with Gasteiger partial charge in [-0.25, -0.2) is 4.98 Å². The molecule has 1 atom stereocenters. The summed E-state index contributed by atoms with van der Waals surface area (Å²) in [4.78, 5) is 34.5. The number of para-hydroxylation sites is 2. The molecular formula is C21H30N4O2. The standard InChI is InChI=1S/C21H30N4O2/c1-21(2,3)20(27)22-12-6-11-18(26)25-13-7-8-15(14-25)19-23-16-9-4-5-10-17(16)24-19/h4-5,9-10,15H,6-8,11-14H2,1-3H3,(H,22,27)(H,23,24)/t15-/m0/s1. The molecule has 6 nitrogen and oxygen atoms in total. The van der Waals surface area contributed by atoms with Gasteiger partial charge in [-0.3, -0.25) is 9.59 Å². The van der Waals surface area contributed by atoms with Crippen molar-refractivity contribution >= 4 is 22.8 Å². The van der Waals surface area contributed by atoms with Gasteiger partial charge in [0.25, 0.3) is 0 Å². The first kappa shape index (κ1) is 19.4. The number of likely N-dealkylation sites (tertiary alicyclic amines) is 1. The molecule has 1 fully saturated rings. The highest BCUT2D eigenvalue weighted by Gasteiger charge is 2.26. The van der Waals surface area contributed by atoms with E-state index in [1.165, 1.54) is 0 Å². The molecule has 27 heavy (non-hydrogen) atoms. The summed E-state index contributed by atoms with van der Waals surface area (Å²) in [5.41, 5.74) is 1.63. The van der Waals surface area contributed by atoms with Crippen molar-refractivity contribution in [2.45, 2.75) is 52.4 Å². The van der Waals surface area contributed by atoms with Crippen LogP contribution in [0.1, 0.15) is 58.2 Å². The number of imidazole rings is 1. The first-order chi connectivity index (χ1) is 12.8. The van der Waals surface area contributed by atoms with Gasteiger partial charge < -0.3 is 15.2 Å². The van der Waals surface area contributed by atoms with Crippen molar-refractivity contribution in [3.05, 3.63) is 30.1 Å². The zero-order valence-electron chi connectivity index (χ0n) is 16.5. The van der Waals surface area contributed by atoms with Crippen LogP contribution in [0.25, 0.3) is 11.0 Å². The molecule has 6 heteroatoms. The average Bonchev–Trinajstić information content (AvgIpc) is 3.08. The summed E-state index contributed by atoms with van der Waals surface area (Å²) < 4.78 is 0. The fourth-order valence-electron chi connectivity index (χ4n) is 3.46. The number of aromatic nitrogens is 2. The molecule has 1 aliphatic heterocycles. The molecule has 146 valence electrons. The van der Waals surface area contributed by atoms with Crippen molar-refractivity contribution < 1.29 is 9.59 Å². The quantitative estimate of drug-likeness (QED) is 0.793. The van der Waals surface area contributed by atoms with Crippen LogP contribution < -0.4 is 5.32 Å². The SMILES string of the molecule is CC(C)(C)C(=O)NCCCC(=O)N1CCC[C@H](c2nc3ccccc3[nH]2)C1. The fourth-order valence-corrected chi connectivity index (χ4v) is 3.46. The van der Waals surface area contributed by atoms with Crippen LogP contribution in [0.4, 0.5) is 0 Å². The molecule has 0 bridgehead atoms. The predicted octanol–water partition coefficient (Wildman–Crippen LogP) is 3.21. The maximum Gasteiger partial charge on any atom is 0.225 e. The van der Waals surface area contributed by atoms with Gasteiger partial charge in [0, 0.05) is 37.4 Å². The van der Waals surface area contributed by atoms with Crippen molar-refractivity contribution in [1.82, 2.24) is 20.2 Å². The van der Waals surface area contributed by atoms with Crippen molar-refractivity contribution in [3.8, 4) is 0 Å². The van der Waals surface area contributed by atoms with Crippen molar-refractivity contribution in [2.24, 2.45) is 5.41 Å². The molecule has 2 heterocycles. The number of benzene rings is 1. The number of carbonyl (C=O) groups is 2. The van der Waals surface area contributed by atoms with E-state index in [2.05, 4.69) is 10.3 Å². The highest BCUT2D eigenvalue weighted by molar-refractivity contribution is 5.81. The molecule has 1 aliphatic rings. The Morgan fingerprint density at radius 2 is 2.07 bits per heavy atom. The summed E-state index contributed by atoms with van der Waals surface area (Å²) in [5.74, 6) is 1.43. The smallest absolute Gasteiger partial charge is 0.225 e. The highest BCUT2D eigenvalue weighted by Crippen LogP contribution is 2.27. The Kier molecular flexibility index (Phi) is 5.82. The number of nitrogens with zero attached hydrogens (tertiary/aromatic N) is 2. The Bertz CT molecular complexity index is 773. The third-order valence-electron chi connectivity index (χ3n) is 5.10. The molecular weight excluding hydrogens is 340 g/mol. The normalized spacial score (nSPS) is 17.9. The van der Waals surface area contributed by atoms with Crippen LogP contribution >= 0.6 is 0 Å². The van der Waals surface area contributed by atoms with Gasteiger partial charge in [-0.15, -0.1) is 0 Å². The summed E-state index contributed by atoms with van der Waals surface area (Å²) in [7, 11) is 0. The third kappa shape index (κ3) is 4.87. The Morgan fingerprint density at radius 1 is 1.30 bits per heavy atom. The van der Waals surface area contributed by atoms with Gasteiger partial charge in [-0.2, -0.15) is 0 Å². The molecule has 1 saturated heterocycles. The molecule has 0 radical (unpaired) electrons. The maximum absolute atomic E-state index is 12.6. The number of rotatable bonds is 5. The molecule has 3 rings (SSSR count). The molecule has 1 aromatic heterocycles. The van der Waals surface area contributed by atoms with E-state index in [0.29, 0.717) is 25.9 Å². The molecule has 0 saturated carbocycles. The first-order valence-corrected chi connectivity index (χ1v) is 9.85. The average molecular weight is 370 g/mol. The molecule has 1 aromatic carbocycles. The number of piperidine rings is 1. The van der Waals surface area contributed by atoms with Crippen LogP contribution in [-0.2, 0) is 9.59 Å². The van der Waals surface area contributed by atoms with Crippen LogP contribution in [-0.4, -0.2) is 46.3 Å². The van der Waals surface area contributed by atoms with Crippen molar-refractivity contribution in [2.75, 3.05) is 19.6 Å². The number of nitrogens with one attached hydrogen (secondary N) is 2. The lowest BCUT2D eigenvalue weighted by Crippen LogP contribution is -2.40. The Labute approximate surface area is 160 Å². The third-order valence-corrected chi connectivity index (χ3v) is 5.10. The number of hydrogen-bond donors (Lipinski definition) is 2. The van der Waals surface area contributed by atoms with E-state index in [1.54, 1.807) is 0 Å². The van der Waals surface area contributed by atoms with Gasteiger partial charge in [0.15, 0.2) is 0 Å². The van der Waals surface area contributed by atoms with Crippen LogP contribution in [0.5, 0.6) is 0 Å². The molecule has 0 spiro atoms. The Balaban J connectivity index is 1.50. The van der Waals surface area contributed by atoms with Gasteiger partial charge in [0.1, 0.15) is 5.82 Å². The van der Waals surface area contributed by atoms with E-state index in [-0.39, 0.29) is 17.7 Å². The van der Waals surface area contributed by atoms with Crippen molar-refractivity contribution in [1.29, 1.82) is 0 Å². The number of amides is 2. The lowest BCUT2D eigenvalue weighted by Gasteiger charge is -2.32. The zero-order valence-corrected chi connectivity index (χ0v) is 16.5. The highest BCUT2D eigenvalue weighted by atomic mass is 16.2. The van der Waals surface area contributed by atoms with Gasteiger partial charge in [0.2, 0.25) is 11.8 Å². The van der Waals surface area contributed by atoms with E-state index in [4.69, 9.17) is 4.98 Å². The lowest BCUT2D eigenvalue weighted by atomic mass is 9.95. The number of carbonyl (C=O) groups excluding carboxylic acids is 2. The van der Waals surface area contributed by atoms with Crippen LogP contribution in [0.15, 0.2) is 24.3 Å². The number of fused-ring (bicyclic) bond motifs is 1. The molecule has 0 aliphatic carbocycles. The minimum atomic E-state index is -0.392. The van der Waals surface area contributed by atoms with Gasteiger partial charge in [-0.05, 0) is 31.4 Å². The second-order valence-corrected chi connectivity index (χ2v) is 8.43. The summed E-state index contributed by atoms with van der Waals surface area (Å²) in [6, 6.07) is 8.03. The van der Waals surface area contributed by atoms with Crippen LogP contribution in [0.3, 0.4) is 0 Å². The van der Waals surface area contributed by atoms with Crippen molar-refractivity contribution in [3.63, 3.8) is 0 Å². The second-order valence-electron chi connectivity index (χ2n) is 8.43. The Morgan fingerprint density at radius 3 is 2.81 bits per heavy atom.